The van der Waals surface area contributed by atoms with Crippen LogP contribution in [0.25, 0.3) is 6.08 Å². The summed E-state index contributed by atoms with van der Waals surface area (Å²) in [5.74, 6) is 2.29. The summed E-state index contributed by atoms with van der Waals surface area (Å²) in [5, 5.41) is 9.81. The van der Waals surface area contributed by atoms with Crippen LogP contribution in [0.5, 0.6) is 0 Å². The number of hydrogen-bond donors (Lipinski definition) is 4. The molecule has 2 amide bonds. The van der Waals surface area contributed by atoms with Crippen LogP contribution in [-0.2, 0) is 19.1 Å². The molecule has 1 unspecified atom stereocenters. The zero-order chi connectivity index (χ0) is 26.7. The van der Waals surface area contributed by atoms with E-state index in [4.69, 9.17) is 10.6 Å². The number of nitrogens with two attached hydrogens (primary N) is 1. The maximum absolute atomic E-state index is 14.3. The zero-order valence-electron chi connectivity index (χ0n) is 22.0. The maximum atomic E-state index is 14.3. The van der Waals surface area contributed by atoms with Crippen LogP contribution >= 0.6 is 0 Å². The molecular formula is C28H43N3O5. The Labute approximate surface area is 215 Å². The Hall–Kier alpha value is -2.55. The van der Waals surface area contributed by atoms with Crippen molar-refractivity contribution in [1.29, 1.82) is 0 Å². The number of Topliss-reactive ketones (excluding diaryl/α,β-unsaturated/α-hetero) is 1. The number of carbonyl (C=O) groups excluding carboxylic acids is 3. The van der Waals surface area contributed by atoms with E-state index >= 15 is 0 Å². The van der Waals surface area contributed by atoms with Crippen molar-refractivity contribution >= 4 is 23.7 Å². The number of amides is 2. The second-order valence-electron chi connectivity index (χ2n) is 10.8. The second kappa shape index (κ2) is 14.3. The molecule has 1 saturated heterocycles. The largest absolute Gasteiger partial charge is 0.381 e. The van der Waals surface area contributed by atoms with Crippen molar-refractivity contribution in [2.45, 2.75) is 59.8 Å². The van der Waals surface area contributed by atoms with Crippen LogP contribution < -0.4 is 16.7 Å². The lowest BCUT2D eigenvalue weighted by Crippen LogP contribution is -2.54. The number of rotatable bonds is 13. The van der Waals surface area contributed by atoms with Gasteiger partial charge in [-0.05, 0) is 49.0 Å². The van der Waals surface area contributed by atoms with Gasteiger partial charge in [0, 0.05) is 19.6 Å². The molecule has 1 heterocycles. The fourth-order valence-electron chi connectivity index (χ4n) is 5.42. The number of hydroxylamine groups is 1. The lowest BCUT2D eigenvalue weighted by Gasteiger charge is -2.42. The zero-order valence-corrected chi connectivity index (χ0v) is 22.0. The standard InChI is InChI=1S/C28H43N3O5/c1-19(2)16-23(26(33)30-29)25(27(34)31-35)28(18-20(3)4,13-10-21-8-6-5-7-9-21)24(32)17-22-11-14-36-15-12-22/h5-10,13,19-20,22-23,25,35H,11-12,14-18,29H2,1-4H3,(H,30,33)(H,31,34)/b13-10+/t23-,25-,28?/m1/s1. The van der Waals surface area contributed by atoms with Crippen molar-refractivity contribution < 1.29 is 24.3 Å². The summed E-state index contributed by atoms with van der Waals surface area (Å²) < 4.78 is 5.48. The average Bonchev–Trinajstić information content (AvgIpc) is 2.86. The molecule has 1 aliphatic rings. The Morgan fingerprint density at radius 1 is 1.08 bits per heavy atom. The summed E-state index contributed by atoms with van der Waals surface area (Å²) in [7, 11) is 0. The van der Waals surface area contributed by atoms with Crippen molar-refractivity contribution in [1.82, 2.24) is 10.9 Å². The van der Waals surface area contributed by atoms with Gasteiger partial charge >= 0.3 is 0 Å². The molecule has 0 bridgehead atoms. The summed E-state index contributed by atoms with van der Waals surface area (Å²) in [5.41, 5.74) is 3.50. The van der Waals surface area contributed by atoms with Gasteiger partial charge in [0.2, 0.25) is 11.8 Å². The summed E-state index contributed by atoms with van der Waals surface area (Å²) in [6.45, 7) is 9.06. The van der Waals surface area contributed by atoms with E-state index in [9.17, 15) is 19.6 Å². The van der Waals surface area contributed by atoms with E-state index in [1.54, 1.807) is 11.6 Å². The maximum Gasteiger partial charge on any atom is 0.248 e. The number of nitrogens with one attached hydrogen (secondary N) is 2. The molecule has 8 nitrogen and oxygen atoms in total. The molecule has 1 fully saturated rings. The van der Waals surface area contributed by atoms with E-state index in [1.165, 1.54) is 0 Å². The van der Waals surface area contributed by atoms with Crippen LogP contribution in [0.3, 0.4) is 0 Å². The van der Waals surface area contributed by atoms with Gasteiger partial charge < -0.3 is 4.74 Å². The Morgan fingerprint density at radius 3 is 2.25 bits per heavy atom. The number of allylic oxidation sites excluding steroid dienone is 1. The van der Waals surface area contributed by atoms with E-state index in [1.807, 2.05) is 64.1 Å². The molecule has 3 atom stereocenters. The summed E-state index contributed by atoms with van der Waals surface area (Å²) in [4.78, 5) is 40.8. The van der Waals surface area contributed by atoms with Gasteiger partial charge in [0.15, 0.2) is 0 Å². The highest BCUT2D eigenvalue weighted by molar-refractivity contribution is 5.97. The molecule has 0 aromatic heterocycles. The molecule has 1 aliphatic heterocycles. The van der Waals surface area contributed by atoms with Crippen molar-refractivity contribution in [3.63, 3.8) is 0 Å². The summed E-state index contributed by atoms with van der Waals surface area (Å²) in [6, 6.07) is 9.53. The Morgan fingerprint density at radius 2 is 1.72 bits per heavy atom. The minimum Gasteiger partial charge on any atom is -0.381 e. The Balaban J connectivity index is 2.73. The number of benzene rings is 1. The number of carbonyl (C=O) groups is 3. The van der Waals surface area contributed by atoms with E-state index in [0.717, 1.165) is 18.4 Å². The number of ketones is 1. The number of hydrogen-bond acceptors (Lipinski definition) is 6. The third kappa shape index (κ3) is 7.98. The first-order valence-corrected chi connectivity index (χ1v) is 12.9. The molecule has 1 aromatic carbocycles. The molecular weight excluding hydrogens is 458 g/mol. The lowest BCUT2D eigenvalue weighted by atomic mass is 9.60. The van der Waals surface area contributed by atoms with Gasteiger partial charge in [-0.25, -0.2) is 11.3 Å². The highest BCUT2D eigenvalue weighted by Gasteiger charge is 2.52. The van der Waals surface area contributed by atoms with Gasteiger partial charge in [0.05, 0.1) is 17.3 Å². The minimum atomic E-state index is -1.33. The van der Waals surface area contributed by atoms with Gasteiger partial charge in [-0.1, -0.05) is 70.2 Å². The molecule has 200 valence electrons. The molecule has 5 N–H and O–H groups in total. The van der Waals surface area contributed by atoms with Crippen molar-refractivity contribution in [2.75, 3.05) is 13.2 Å². The van der Waals surface area contributed by atoms with E-state index in [-0.39, 0.29) is 30.0 Å². The third-order valence-electron chi connectivity index (χ3n) is 7.01. The predicted octanol–water partition coefficient (Wildman–Crippen LogP) is 3.89. The molecule has 0 spiro atoms. The third-order valence-corrected chi connectivity index (χ3v) is 7.01. The topological polar surface area (TPSA) is 131 Å². The van der Waals surface area contributed by atoms with E-state index < -0.39 is 29.1 Å². The lowest BCUT2D eigenvalue weighted by molar-refractivity contribution is -0.151. The van der Waals surface area contributed by atoms with Crippen LogP contribution in [0, 0.1) is 35.0 Å². The van der Waals surface area contributed by atoms with E-state index in [2.05, 4.69) is 5.43 Å². The monoisotopic (exact) mass is 501 g/mol. The smallest absolute Gasteiger partial charge is 0.248 e. The summed E-state index contributed by atoms with van der Waals surface area (Å²) in [6.07, 6.45) is 6.09. The predicted molar refractivity (Wildman–Crippen MR) is 139 cm³/mol. The molecule has 36 heavy (non-hydrogen) atoms. The molecule has 0 saturated carbocycles. The molecule has 1 aromatic rings. The quantitative estimate of drug-likeness (QED) is 0.140. The van der Waals surface area contributed by atoms with Gasteiger partial charge in [0.1, 0.15) is 5.78 Å². The Bertz CT molecular complexity index is 880. The van der Waals surface area contributed by atoms with Crippen molar-refractivity contribution in [2.24, 2.45) is 40.8 Å². The van der Waals surface area contributed by atoms with Gasteiger partial charge in [-0.15, -0.1) is 0 Å². The fraction of sp³-hybridized carbons (Fsp3) is 0.607. The molecule has 2 rings (SSSR count). The first-order chi connectivity index (χ1) is 17.1. The SMILES string of the molecule is CC(C)C[C@@H](C(=O)NN)[C@H](C(=O)NO)C(/C=C/c1ccccc1)(CC(C)C)C(=O)CC1CCOCC1. The molecule has 0 radical (unpaired) electrons. The van der Waals surface area contributed by atoms with Crippen molar-refractivity contribution in [3.05, 3.63) is 42.0 Å². The van der Waals surface area contributed by atoms with Crippen LogP contribution in [-0.4, -0.2) is 36.0 Å². The van der Waals surface area contributed by atoms with Crippen LogP contribution in [0.4, 0.5) is 0 Å². The van der Waals surface area contributed by atoms with Gasteiger partial charge in [-0.2, -0.15) is 0 Å². The van der Waals surface area contributed by atoms with E-state index in [0.29, 0.717) is 26.1 Å². The molecule has 0 aliphatic carbocycles. The molecule has 8 heteroatoms. The van der Waals surface area contributed by atoms with Crippen LogP contribution in [0.2, 0.25) is 0 Å². The normalized spacial score (nSPS) is 18.1. The second-order valence-corrected chi connectivity index (χ2v) is 10.8. The highest BCUT2D eigenvalue weighted by Crippen LogP contribution is 2.46. The Kier molecular flexibility index (Phi) is 11.8. The first-order valence-electron chi connectivity index (χ1n) is 12.9. The highest BCUT2D eigenvalue weighted by atomic mass is 16.5. The minimum absolute atomic E-state index is 0.0266. The summed E-state index contributed by atoms with van der Waals surface area (Å²) >= 11 is 0. The van der Waals surface area contributed by atoms with Gasteiger partial charge in [0.25, 0.3) is 0 Å². The fourth-order valence-corrected chi connectivity index (χ4v) is 5.42. The number of hydrazine groups is 1. The number of ether oxygens (including phenoxy) is 1. The van der Waals surface area contributed by atoms with Gasteiger partial charge in [-0.3, -0.25) is 25.0 Å². The van der Waals surface area contributed by atoms with Crippen LogP contribution in [0.1, 0.15) is 65.4 Å². The van der Waals surface area contributed by atoms with Crippen LogP contribution in [0.15, 0.2) is 36.4 Å². The average molecular weight is 502 g/mol. The first kappa shape index (κ1) is 29.7. The van der Waals surface area contributed by atoms with Crippen molar-refractivity contribution in [3.8, 4) is 0 Å².